The number of carbonyl (C=O) groups excluding carboxylic acids is 1. The lowest BCUT2D eigenvalue weighted by Crippen LogP contribution is -2.30. The van der Waals surface area contributed by atoms with Crippen molar-refractivity contribution < 1.29 is 14.3 Å². The van der Waals surface area contributed by atoms with Gasteiger partial charge in [0, 0.05) is 13.6 Å². The summed E-state index contributed by atoms with van der Waals surface area (Å²) in [6.45, 7) is 2.26. The minimum Gasteiger partial charge on any atom is -0.431 e. The molecule has 0 bridgehead atoms. The van der Waals surface area contributed by atoms with E-state index in [1.807, 2.05) is 24.3 Å². The maximum Gasteiger partial charge on any atom is 0.257 e. The molecule has 2 aromatic rings. The van der Waals surface area contributed by atoms with E-state index in [1.165, 1.54) is 11.8 Å². The first-order valence-corrected chi connectivity index (χ1v) is 7.45. The van der Waals surface area contributed by atoms with Crippen LogP contribution >= 0.6 is 11.8 Å². The zero-order valence-electron chi connectivity index (χ0n) is 11.6. The quantitative estimate of drug-likeness (QED) is 0.827. The SMILES string of the molecule is CC(O)CCN(C)C(=O)CSc1nc2ccccc2o1. The Morgan fingerprint density at radius 1 is 1.50 bits per heavy atom. The van der Waals surface area contributed by atoms with E-state index < -0.39 is 6.10 Å². The largest absolute Gasteiger partial charge is 0.431 e. The molecule has 1 aromatic heterocycles. The zero-order valence-corrected chi connectivity index (χ0v) is 12.4. The summed E-state index contributed by atoms with van der Waals surface area (Å²) < 4.78 is 5.54. The van der Waals surface area contributed by atoms with Gasteiger partial charge in [-0.05, 0) is 25.5 Å². The van der Waals surface area contributed by atoms with E-state index >= 15 is 0 Å². The molecule has 1 N–H and O–H groups in total. The number of para-hydroxylation sites is 2. The summed E-state index contributed by atoms with van der Waals surface area (Å²) in [6, 6.07) is 7.51. The Morgan fingerprint density at radius 2 is 2.25 bits per heavy atom. The van der Waals surface area contributed by atoms with Crippen LogP contribution in [0.3, 0.4) is 0 Å². The minimum absolute atomic E-state index is 0.00194. The molecule has 0 aliphatic rings. The predicted octanol–water partition coefficient (Wildman–Crippen LogP) is 2.15. The fourth-order valence-corrected chi connectivity index (χ4v) is 2.43. The van der Waals surface area contributed by atoms with E-state index in [1.54, 1.807) is 18.9 Å². The summed E-state index contributed by atoms with van der Waals surface area (Å²) in [4.78, 5) is 17.8. The molecule has 2 rings (SSSR count). The van der Waals surface area contributed by atoms with Crippen LogP contribution in [0.2, 0.25) is 0 Å². The molecule has 1 aromatic carbocycles. The van der Waals surface area contributed by atoms with E-state index in [4.69, 9.17) is 4.42 Å². The first-order valence-electron chi connectivity index (χ1n) is 6.46. The average Bonchev–Trinajstić information content (AvgIpc) is 2.84. The standard InChI is InChI=1S/C14H18N2O3S/c1-10(17)7-8-16(2)13(18)9-20-14-15-11-5-3-4-6-12(11)19-14/h3-6,10,17H,7-9H2,1-2H3. The predicted molar refractivity (Wildman–Crippen MR) is 78.7 cm³/mol. The zero-order chi connectivity index (χ0) is 14.5. The van der Waals surface area contributed by atoms with E-state index in [9.17, 15) is 9.90 Å². The van der Waals surface area contributed by atoms with Crippen molar-refractivity contribution in [1.82, 2.24) is 9.88 Å². The molecule has 6 heteroatoms. The summed E-state index contributed by atoms with van der Waals surface area (Å²) in [5, 5.41) is 9.71. The van der Waals surface area contributed by atoms with Crippen molar-refractivity contribution in [2.75, 3.05) is 19.3 Å². The van der Waals surface area contributed by atoms with Crippen LogP contribution in [-0.2, 0) is 4.79 Å². The number of nitrogens with zero attached hydrogens (tertiary/aromatic N) is 2. The molecule has 20 heavy (non-hydrogen) atoms. The number of carbonyl (C=O) groups is 1. The summed E-state index contributed by atoms with van der Waals surface area (Å²) in [7, 11) is 1.73. The third kappa shape index (κ3) is 3.98. The van der Waals surface area contributed by atoms with E-state index in [0.29, 0.717) is 18.2 Å². The van der Waals surface area contributed by atoms with Gasteiger partial charge < -0.3 is 14.4 Å². The van der Waals surface area contributed by atoms with Gasteiger partial charge in [-0.25, -0.2) is 4.98 Å². The summed E-state index contributed by atoms with van der Waals surface area (Å²) in [5.74, 6) is 0.279. The molecule has 0 spiro atoms. The van der Waals surface area contributed by atoms with Crippen LogP contribution in [-0.4, -0.2) is 46.3 Å². The third-order valence-electron chi connectivity index (χ3n) is 2.90. The van der Waals surface area contributed by atoms with Crippen LogP contribution in [0.1, 0.15) is 13.3 Å². The van der Waals surface area contributed by atoms with Crippen molar-refractivity contribution >= 4 is 28.8 Å². The Kier molecular flexibility index (Phi) is 5.03. The molecular formula is C14H18N2O3S. The number of hydrogen-bond acceptors (Lipinski definition) is 5. The van der Waals surface area contributed by atoms with Gasteiger partial charge in [0.2, 0.25) is 5.91 Å². The van der Waals surface area contributed by atoms with Gasteiger partial charge in [-0.3, -0.25) is 4.79 Å². The number of aromatic nitrogens is 1. The second kappa shape index (κ2) is 6.76. The highest BCUT2D eigenvalue weighted by atomic mass is 32.2. The van der Waals surface area contributed by atoms with E-state index in [2.05, 4.69) is 4.98 Å². The Hall–Kier alpha value is -1.53. The number of aliphatic hydroxyl groups is 1. The monoisotopic (exact) mass is 294 g/mol. The molecule has 5 nitrogen and oxygen atoms in total. The number of rotatable bonds is 6. The second-order valence-corrected chi connectivity index (χ2v) is 5.62. The number of thioether (sulfide) groups is 1. The van der Waals surface area contributed by atoms with Gasteiger partial charge in [0.05, 0.1) is 11.9 Å². The van der Waals surface area contributed by atoms with Crippen LogP contribution < -0.4 is 0 Å². The number of amides is 1. The third-order valence-corrected chi connectivity index (χ3v) is 3.71. The van der Waals surface area contributed by atoms with Gasteiger partial charge in [-0.1, -0.05) is 23.9 Å². The van der Waals surface area contributed by atoms with Gasteiger partial charge in [-0.2, -0.15) is 0 Å². The van der Waals surface area contributed by atoms with Crippen molar-refractivity contribution in [2.45, 2.75) is 24.7 Å². The van der Waals surface area contributed by atoms with Crippen LogP contribution in [0.4, 0.5) is 0 Å². The lowest BCUT2D eigenvalue weighted by Gasteiger charge is -2.17. The van der Waals surface area contributed by atoms with Gasteiger partial charge in [0.1, 0.15) is 5.52 Å². The summed E-state index contributed by atoms with van der Waals surface area (Å²) >= 11 is 1.29. The topological polar surface area (TPSA) is 66.6 Å². The van der Waals surface area contributed by atoms with Crippen LogP contribution in [0.5, 0.6) is 0 Å². The lowest BCUT2D eigenvalue weighted by atomic mass is 10.3. The first kappa shape index (κ1) is 14.9. The number of hydrogen-bond donors (Lipinski definition) is 1. The smallest absolute Gasteiger partial charge is 0.257 e. The number of aliphatic hydroxyl groups excluding tert-OH is 1. The van der Waals surface area contributed by atoms with Gasteiger partial charge in [-0.15, -0.1) is 0 Å². The highest BCUT2D eigenvalue weighted by Crippen LogP contribution is 2.23. The van der Waals surface area contributed by atoms with Crippen molar-refractivity contribution in [2.24, 2.45) is 0 Å². The van der Waals surface area contributed by atoms with Crippen molar-refractivity contribution in [1.29, 1.82) is 0 Å². The number of oxazole rings is 1. The Bertz CT molecular complexity index is 550. The summed E-state index contributed by atoms with van der Waals surface area (Å²) in [5.41, 5.74) is 1.52. The molecule has 1 amide bonds. The molecule has 108 valence electrons. The highest BCUT2D eigenvalue weighted by molar-refractivity contribution is 7.99. The normalized spacial score (nSPS) is 12.6. The molecule has 1 unspecified atom stereocenters. The minimum atomic E-state index is -0.394. The molecule has 0 saturated heterocycles. The average molecular weight is 294 g/mol. The van der Waals surface area contributed by atoms with Gasteiger partial charge in [0.15, 0.2) is 5.58 Å². The van der Waals surface area contributed by atoms with Crippen molar-refractivity contribution in [3.63, 3.8) is 0 Å². The fourth-order valence-electron chi connectivity index (χ4n) is 1.65. The van der Waals surface area contributed by atoms with Crippen LogP contribution in [0, 0.1) is 0 Å². The lowest BCUT2D eigenvalue weighted by molar-refractivity contribution is -0.127. The van der Waals surface area contributed by atoms with Gasteiger partial charge >= 0.3 is 0 Å². The molecule has 0 radical (unpaired) electrons. The first-order chi connectivity index (χ1) is 9.56. The van der Waals surface area contributed by atoms with Crippen LogP contribution in [0.15, 0.2) is 33.9 Å². The Labute approximate surface area is 122 Å². The van der Waals surface area contributed by atoms with E-state index in [-0.39, 0.29) is 11.7 Å². The Balaban J connectivity index is 1.86. The second-order valence-electron chi connectivity index (χ2n) is 4.69. The summed E-state index contributed by atoms with van der Waals surface area (Å²) in [6.07, 6.45) is 0.186. The van der Waals surface area contributed by atoms with Gasteiger partial charge in [0.25, 0.3) is 5.22 Å². The van der Waals surface area contributed by atoms with Crippen molar-refractivity contribution in [3.8, 4) is 0 Å². The van der Waals surface area contributed by atoms with Crippen LogP contribution in [0.25, 0.3) is 11.1 Å². The molecule has 0 fully saturated rings. The molecule has 1 heterocycles. The van der Waals surface area contributed by atoms with Crippen molar-refractivity contribution in [3.05, 3.63) is 24.3 Å². The molecular weight excluding hydrogens is 276 g/mol. The fraction of sp³-hybridized carbons (Fsp3) is 0.429. The molecule has 0 aliphatic carbocycles. The molecule has 0 saturated carbocycles. The van der Waals surface area contributed by atoms with E-state index in [0.717, 1.165) is 11.1 Å². The number of benzene rings is 1. The molecule has 1 atom stereocenters. The Morgan fingerprint density at radius 3 is 2.95 bits per heavy atom. The maximum atomic E-state index is 11.9. The highest BCUT2D eigenvalue weighted by Gasteiger charge is 2.13. The number of fused-ring (bicyclic) bond motifs is 1. The molecule has 0 aliphatic heterocycles. The maximum absolute atomic E-state index is 11.9.